The highest BCUT2D eigenvalue weighted by atomic mass is 16.5. The highest BCUT2D eigenvalue weighted by Gasteiger charge is 2.28. The van der Waals surface area contributed by atoms with Crippen LogP contribution in [0.3, 0.4) is 0 Å². The van der Waals surface area contributed by atoms with Gasteiger partial charge in [0.2, 0.25) is 0 Å². The second kappa shape index (κ2) is 7.14. The van der Waals surface area contributed by atoms with Crippen LogP contribution in [0.2, 0.25) is 0 Å². The SMILES string of the molecule is Cc1ccc2oc(C(=O)N(C)CC(C)(C)CN3CCOCC3)cc2n1. The lowest BCUT2D eigenvalue weighted by Gasteiger charge is -2.36. The van der Waals surface area contributed by atoms with Crippen molar-refractivity contribution in [3.05, 3.63) is 29.7 Å². The van der Waals surface area contributed by atoms with Crippen molar-refractivity contribution in [3.8, 4) is 0 Å². The van der Waals surface area contributed by atoms with Crippen LogP contribution >= 0.6 is 0 Å². The molecule has 1 saturated heterocycles. The maximum atomic E-state index is 12.7. The van der Waals surface area contributed by atoms with Gasteiger partial charge in [-0.25, -0.2) is 4.98 Å². The molecule has 25 heavy (non-hydrogen) atoms. The predicted molar refractivity (Wildman–Crippen MR) is 96.7 cm³/mol. The number of carbonyl (C=O) groups is 1. The third kappa shape index (κ3) is 4.38. The van der Waals surface area contributed by atoms with Crippen molar-refractivity contribution in [1.82, 2.24) is 14.8 Å². The van der Waals surface area contributed by atoms with Crippen molar-refractivity contribution in [2.75, 3.05) is 46.4 Å². The molecule has 1 amide bonds. The van der Waals surface area contributed by atoms with Crippen LogP contribution in [0.25, 0.3) is 11.1 Å². The number of hydrogen-bond acceptors (Lipinski definition) is 5. The molecule has 1 aliphatic rings. The number of carbonyl (C=O) groups excluding carboxylic acids is 1. The van der Waals surface area contributed by atoms with Crippen molar-refractivity contribution in [2.24, 2.45) is 5.41 Å². The van der Waals surface area contributed by atoms with Crippen LogP contribution in [-0.4, -0.2) is 67.1 Å². The molecule has 0 bridgehead atoms. The molecule has 2 aromatic rings. The number of amides is 1. The Hall–Kier alpha value is -1.92. The van der Waals surface area contributed by atoms with Gasteiger partial charge in [-0.2, -0.15) is 0 Å². The number of rotatable bonds is 5. The molecule has 1 fully saturated rings. The van der Waals surface area contributed by atoms with Gasteiger partial charge in [0.05, 0.1) is 13.2 Å². The number of furan rings is 1. The van der Waals surface area contributed by atoms with Crippen LogP contribution in [0.4, 0.5) is 0 Å². The van der Waals surface area contributed by atoms with Crippen molar-refractivity contribution in [1.29, 1.82) is 0 Å². The van der Waals surface area contributed by atoms with Crippen LogP contribution in [0.5, 0.6) is 0 Å². The van der Waals surface area contributed by atoms with Gasteiger partial charge in [0, 0.05) is 45.0 Å². The molecule has 0 radical (unpaired) electrons. The number of morpholine rings is 1. The number of hydrogen-bond donors (Lipinski definition) is 0. The maximum absolute atomic E-state index is 12.7. The van der Waals surface area contributed by atoms with E-state index in [1.807, 2.05) is 26.1 Å². The fraction of sp³-hybridized carbons (Fsp3) is 0.579. The number of aromatic nitrogens is 1. The Morgan fingerprint density at radius 3 is 2.76 bits per heavy atom. The van der Waals surface area contributed by atoms with Gasteiger partial charge in [0.1, 0.15) is 5.52 Å². The van der Waals surface area contributed by atoms with Crippen LogP contribution in [0.1, 0.15) is 30.1 Å². The van der Waals surface area contributed by atoms with Crippen LogP contribution in [0.15, 0.2) is 22.6 Å². The van der Waals surface area contributed by atoms with Gasteiger partial charge >= 0.3 is 0 Å². The molecular weight excluding hydrogens is 318 g/mol. The molecule has 0 unspecified atom stereocenters. The molecule has 0 atom stereocenters. The average Bonchev–Trinajstić information content (AvgIpc) is 2.97. The van der Waals surface area contributed by atoms with E-state index < -0.39 is 0 Å². The third-order valence-corrected chi connectivity index (χ3v) is 4.49. The van der Waals surface area contributed by atoms with Gasteiger partial charge < -0.3 is 14.1 Å². The van der Waals surface area contributed by atoms with Crippen molar-refractivity contribution in [2.45, 2.75) is 20.8 Å². The second-order valence-electron chi connectivity index (χ2n) is 7.66. The molecule has 6 heteroatoms. The number of pyridine rings is 1. The highest BCUT2D eigenvalue weighted by Crippen LogP contribution is 2.22. The van der Waals surface area contributed by atoms with Crippen LogP contribution in [-0.2, 0) is 4.74 Å². The first kappa shape index (κ1) is 17.9. The van der Waals surface area contributed by atoms with E-state index in [1.54, 1.807) is 11.0 Å². The quantitative estimate of drug-likeness (QED) is 0.833. The number of nitrogens with zero attached hydrogens (tertiary/aromatic N) is 3. The first-order chi connectivity index (χ1) is 11.8. The Balaban J connectivity index is 1.66. The van der Waals surface area contributed by atoms with Crippen LogP contribution in [0, 0.1) is 12.3 Å². The fourth-order valence-electron chi connectivity index (χ4n) is 3.45. The van der Waals surface area contributed by atoms with Crippen LogP contribution < -0.4 is 0 Å². The lowest BCUT2D eigenvalue weighted by molar-refractivity contribution is 0.0160. The third-order valence-electron chi connectivity index (χ3n) is 4.49. The molecule has 0 spiro atoms. The van der Waals surface area contributed by atoms with Gasteiger partial charge in [-0.1, -0.05) is 13.8 Å². The Labute approximate surface area is 148 Å². The summed E-state index contributed by atoms with van der Waals surface area (Å²) < 4.78 is 11.1. The molecule has 1 aliphatic heterocycles. The molecular formula is C19H27N3O3. The zero-order valence-corrected chi connectivity index (χ0v) is 15.5. The predicted octanol–water partition coefficient (Wildman–Crippen LogP) is 2.57. The summed E-state index contributed by atoms with van der Waals surface area (Å²) >= 11 is 0. The summed E-state index contributed by atoms with van der Waals surface area (Å²) in [5.41, 5.74) is 2.27. The van der Waals surface area contributed by atoms with Gasteiger partial charge in [-0.05, 0) is 24.5 Å². The number of ether oxygens (including phenoxy) is 1. The van der Waals surface area contributed by atoms with E-state index in [0.29, 0.717) is 17.9 Å². The summed E-state index contributed by atoms with van der Waals surface area (Å²) in [7, 11) is 1.83. The Kier molecular flexibility index (Phi) is 5.11. The molecule has 0 aromatic carbocycles. The fourth-order valence-corrected chi connectivity index (χ4v) is 3.45. The molecule has 136 valence electrons. The summed E-state index contributed by atoms with van der Waals surface area (Å²) in [6.45, 7) is 11.4. The van der Waals surface area contributed by atoms with E-state index in [2.05, 4.69) is 23.7 Å². The van der Waals surface area contributed by atoms with Gasteiger partial charge in [-0.3, -0.25) is 9.69 Å². The summed E-state index contributed by atoms with van der Waals surface area (Å²) in [5, 5.41) is 0. The lowest BCUT2D eigenvalue weighted by atomic mass is 9.91. The number of fused-ring (bicyclic) bond motifs is 1. The second-order valence-corrected chi connectivity index (χ2v) is 7.66. The molecule has 3 heterocycles. The van der Waals surface area contributed by atoms with E-state index in [0.717, 1.165) is 44.1 Å². The minimum Gasteiger partial charge on any atom is -0.449 e. The van der Waals surface area contributed by atoms with Crippen molar-refractivity contribution >= 4 is 17.0 Å². The monoisotopic (exact) mass is 345 g/mol. The highest BCUT2D eigenvalue weighted by molar-refractivity contribution is 5.95. The molecule has 6 nitrogen and oxygen atoms in total. The van der Waals surface area contributed by atoms with E-state index in [-0.39, 0.29) is 11.3 Å². The zero-order chi connectivity index (χ0) is 18.0. The lowest BCUT2D eigenvalue weighted by Crippen LogP contribution is -2.46. The molecule has 0 N–H and O–H groups in total. The minimum absolute atomic E-state index is 0.0113. The van der Waals surface area contributed by atoms with Gasteiger partial charge in [0.15, 0.2) is 11.3 Å². The smallest absolute Gasteiger partial charge is 0.289 e. The summed E-state index contributed by atoms with van der Waals surface area (Å²) in [5.74, 6) is 0.239. The Morgan fingerprint density at radius 2 is 2.04 bits per heavy atom. The average molecular weight is 345 g/mol. The van der Waals surface area contributed by atoms with Gasteiger partial charge in [-0.15, -0.1) is 0 Å². The standard InChI is InChI=1S/C19H27N3O3/c1-14-5-6-16-15(20-14)11-17(25-16)18(23)21(4)12-19(2,3)13-22-7-9-24-10-8-22/h5-6,11H,7-10,12-13H2,1-4H3. The zero-order valence-electron chi connectivity index (χ0n) is 15.5. The summed E-state index contributed by atoms with van der Waals surface area (Å²) in [4.78, 5) is 21.3. The topological polar surface area (TPSA) is 58.8 Å². The summed E-state index contributed by atoms with van der Waals surface area (Å²) in [6, 6.07) is 5.47. The van der Waals surface area contributed by atoms with Gasteiger partial charge in [0.25, 0.3) is 5.91 Å². The molecule has 3 rings (SSSR count). The minimum atomic E-state index is -0.106. The first-order valence-electron chi connectivity index (χ1n) is 8.77. The molecule has 0 aliphatic carbocycles. The molecule has 0 saturated carbocycles. The largest absolute Gasteiger partial charge is 0.449 e. The summed E-state index contributed by atoms with van der Waals surface area (Å²) in [6.07, 6.45) is 0. The van der Waals surface area contributed by atoms with Crippen molar-refractivity contribution < 1.29 is 13.9 Å². The van der Waals surface area contributed by atoms with E-state index >= 15 is 0 Å². The number of aryl methyl sites for hydroxylation is 1. The first-order valence-corrected chi connectivity index (χ1v) is 8.77. The maximum Gasteiger partial charge on any atom is 0.289 e. The Bertz CT molecular complexity index is 747. The van der Waals surface area contributed by atoms with Crippen molar-refractivity contribution in [3.63, 3.8) is 0 Å². The van der Waals surface area contributed by atoms with E-state index in [9.17, 15) is 4.79 Å². The van der Waals surface area contributed by atoms with E-state index in [1.165, 1.54) is 0 Å². The van der Waals surface area contributed by atoms with E-state index in [4.69, 9.17) is 9.15 Å². The molecule has 2 aromatic heterocycles. The normalized spacial score (nSPS) is 16.3. The Morgan fingerprint density at radius 1 is 1.32 bits per heavy atom.